The van der Waals surface area contributed by atoms with Crippen LogP contribution in [0.2, 0.25) is 0 Å². The summed E-state index contributed by atoms with van der Waals surface area (Å²) in [5, 5.41) is 3.32. The van der Waals surface area contributed by atoms with Crippen molar-refractivity contribution in [3.8, 4) is 11.5 Å². The Kier molecular flexibility index (Phi) is 4.98. The Labute approximate surface area is 122 Å². The molecule has 0 spiro atoms. The Morgan fingerprint density at radius 2 is 1.67 bits per heavy atom. The molecule has 5 heteroatoms. The highest BCUT2D eigenvalue weighted by molar-refractivity contribution is 5.57. The van der Waals surface area contributed by atoms with Crippen LogP contribution in [0.4, 0.5) is 14.5 Å². The van der Waals surface area contributed by atoms with Crippen molar-refractivity contribution < 1.29 is 18.3 Å². The Morgan fingerprint density at radius 3 is 2.29 bits per heavy atom. The highest BCUT2D eigenvalue weighted by Gasteiger charge is 2.09. The van der Waals surface area contributed by atoms with E-state index in [9.17, 15) is 8.78 Å². The molecule has 0 aliphatic heterocycles. The van der Waals surface area contributed by atoms with Gasteiger partial charge in [0.25, 0.3) is 0 Å². The van der Waals surface area contributed by atoms with Crippen LogP contribution in [0.5, 0.6) is 11.5 Å². The van der Waals surface area contributed by atoms with Gasteiger partial charge in [0.05, 0.1) is 12.8 Å². The van der Waals surface area contributed by atoms with Crippen molar-refractivity contribution in [1.82, 2.24) is 0 Å². The summed E-state index contributed by atoms with van der Waals surface area (Å²) in [6, 6.07) is 14.2. The van der Waals surface area contributed by atoms with Crippen molar-refractivity contribution in [2.24, 2.45) is 0 Å². The van der Waals surface area contributed by atoms with Crippen LogP contribution in [0.15, 0.2) is 48.5 Å². The molecule has 0 heterocycles. The number of anilines is 1. The maximum atomic E-state index is 12.1. The molecule has 2 aromatic rings. The minimum atomic E-state index is -2.81. The van der Waals surface area contributed by atoms with Gasteiger partial charge in [-0.05, 0) is 36.8 Å². The fourth-order valence-corrected chi connectivity index (χ4v) is 2.02. The van der Waals surface area contributed by atoms with E-state index in [-0.39, 0.29) is 11.8 Å². The number of para-hydroxylation sites is 2. The van der Waals surface area contributed by atoms with Crippen molar-refractivity contribution in [3.05, 3.63) is 54.1 Å². The van der Waals surface area contributed by atoms with Crippen LogP contribution in [0.1, 0.15) is 18.5 Å². The third kappa shape index (κ3) is 4.08. The summed E-state index contributed by atoms with van der Waals surface area (Å²) in [5.74, 6) is 0.903. The van der Waals surface area contributed by atoms with Gasteiger partial charge in [0.15, 0.2) is 0 Å². The minimum absolute atomic E-state index is 0.00176. The molecule has 0 amide bonds. The average molecular weight is 293 g/mol. The molecule has 1 unspecified atom stereocenters. The van der Waals surface area contributed by atoms with Gasteiger partial charge in [0.2, 0.25) is 0 Å². The quantitative estimate of drug-likeness (QED) is 0.852. The summed E-state index contributed by atoms with van der Waals surface area (Å²) in [7, 11) is 1.61. The number of alkyl halides is 2. The van der Waals surface area contributed by atoms with Gasteiger partial charge < -0.3 is 14.8 Å². The number of halogens is 2. The third-order valence-electron chi connectivity index (χ3n) is 3.08. The Hall–Kier alpha value is -2.30. The molecule has 0 fully saturated rings. The molecule has 2 aromatic carbocycles. The topological polar surface area (TPSA) is 30.5 Å². The molecule has 0 saturated heterocycles. The van der Waals surface area contributed by atoms with Crippen LogP contribution in [-0.4, -0.2) is 13.7 Å². The highest BCUT2D eigenvalue weighted by atomic mass is 19.3. The summed E-state index contributed by atoms with van der Waals surface area (Å²) in [6.07, 6.45) is 0. The molecule has 3 nitrogen and oxygen atoms in total. The molecular weight excluding hydrogens is 276 g/mol. The number of ether oxygens (including phenoxy) is 2. The monoisotopic (exact) mass is 293 g/mol. The highest BCUT2D eigenvalue weighted by Crippen LogP contribution is 2.28. The summed E-state index contributed by atoms with van der Waals surface area (Å²) in [4.78, 5) is 0. The predicted octanol–water partition coefficient (Wildman–Crippen LogP) is 4.47. The number of methoxy groups -OCH3 is 1. The molecule has 0 bridgehead atoms. The van der Waals surface area contributed by atoms with Crippen LogP contribution < -0.4 is 14.8 Å². The first-order chi connectivity index (χ1) is 10.1. The normalized spacial score (nSPS) is 12.0. The lowest BCUT2D eigenvalue weighted by Gasteiger charge is -2.18. The molecule has 0 saturated carbocycles. The van der Waals surface area contributed by atoms with E-state index in [1.807, 2.05) is 31.2 Å². The third-order valence-corrected chi connectivity index (χ3v) is 3.08. The van der Waals surface area contributed by atoms with Gasteiger partial charge in [-0.3, -0.25) is 0 Å². The molecule has 0 aliphatic rings. The smallest absolute Gasteiger partial charge is 0.387 e. The second-order valence-corrected chi connectivity index (χ2v) is 4.51. The van der Waals surface area contributed by atoms with E-state index < -0.39 is 6.61 Å². The number of nitrogens with one attached hydrogen (secondary N) is 1. The summed E-state index contributed by atoms with van der Waals surface area (Å²) in [6.45, 7) is -0.824. The zero-order valence-corrected chi connectivity index (χ0v) is 11.8. The van der Waals surface area contributed by atoms with Crippen LogP contribution >= 0.6 is 0 Å². The van der Waals surface area contributed by atoms with Crippen LogP contribution in [0, 0.1) is 0 Å². The van der Waals surface area contributed by atoms with E-state index in [0.717, 1.165) is 17.0 Å². The van der Waals surface area contributed by atoms with Gasteiger partial charge in [-0.15, -0.1) is 0 Å². The Morgan fingerprint density at radius 1 is 1.00 bits per heavy atom. The molecule has 1 N–H and O–H groups in total. The zero-order valence-electron chi connectivity index (χ0n) is 11.8. The SMILES string of the molecule is COc1ccccc1NC(C)c1ccc(OC(F)F)cc1. The fraction of sp³-hybridized carbons (Fsp3) is 0.250. The first-order valence-corrected chi connectivity index (χ1v) is 6.54. The van der Waals surface area contributed by atoms with E-state index in [2.05, 4.69) is 10.1 Å². The molecule has 1 atom stereocenters. The van der Waals surface area contributed by atoms with E-state index in [0.29, 0.717) is 0 Å². The van der Waals surface area contributed by atoms with Gasteiger partial charge >= 0.3 is 6.61 Å². The first-order valence-electron chi connectivity index (χ1n) is 6.54. The summed E-state index contributed by atoms with van der Waals surface area (Å²) >= 11 is 0. The molecule has 0 aliphatic carbocycles. The van der Waals surface area contributed by atoms with Crippen molar-refractivity contribution in [2.45, 2.75) is 19.6 Å². The molecule has 21 heavy (non-hydrogen) atoms. The predicted molar refractivity (Wildman–Crippen MR) is 78.1 cm³/mol. The maximum Gasteiger partial charge on any atom is 0.387 e. The van der Waals surface area contributed by atoms with E-state index >= 15 is 0 Å². The van der Waals surface area contributed by atoms with Crippen LogP contribution in [0.3, 0.4) is 0 Å². The largest absolute Gasteiger partial charge is 0.495 e. The molecular formula is C16H17F2NO2. The molecule has 112 valence electrons. The Balaban J connectivity index is 2.07. The maximum absolute atomic E-state index is 12.1. The first kappa shape index (κ1) is 15.1. The molecule has 0 aromatic heterocycles. The minimum Gasteiger partial charge on any atom is -0.495 e. The van der Waals surface area contributed by atoms with Crippen LogP contribution in [0.25, 0.3) is 0 Å². The zero-order chi connectivity index (χ0) is 15.2. The number of benzene rings is 2. The lowest BCUT2D eigenvalue weighted by atomic mass is 10.1. The van der Waals surface area contributed by atoms with E-state index in [4.69, 9.17) is 4.74 Å². The average Bonchev–Trinajstić information content (AvgIpc) is 2.48. The van der Waals surface area contributed by atoms with Gasteiger partial charge in [0, 0.05) is 6.04 Å². The van der Waals surface area contributed by atoms with Gasteiger partial charge in [-0.25, -0.2) is 0 Å². The van der Waals surface area contributed by atoms with Gasteiger partial charge in [-0.2, -0.15) is 8.78 Å². The summed E-state index contributed by atoms with van der Waals surface area (Å²) < 4.78 is 33.8. The lowest BCUT2D eigenvalue weighted by Crippen LogP contribution is -2.08. The summed E-state index contributed by atoms with van der Waals surface area (Å²) in [5.41, 5.74) is 1.84. The fourth-order valence-electron chi connectivity index (χ4n) is 2.02. The second-order valence-electron chi connectivity index (χ2n) is 4.51. The standard InChI is InChI=1S/C16H17F2NO2/c1-11(19-14-5-3-4-6-15(14)20-2)12-7-9-13(10-8-12)21-16(17)18/h3-11,16,19H,1-2H3. The number of hydrogen-bond donors (Lipinski definition) is 1. The van der Waals surface area contributed by atoms with Gasteiger partial charge in [-0.1, -0.05) is 24.3 Å². The number of hydrogen-bond acceptors (Lipinski definition) is 3. The van der Waals surface area contributed by atoms with E-state index in [1.165, 1.54) is 12.1 Å². The molecule has 2 rings (SSSR count). The van der Waals surface area contributed by atoms with Crippen molar-refractivity contribution in [2.75, 3.05) is 12.4 Å². The molecule has 0 radical (unpaired) electrons. The van der Waals surface area contributed by atoms with Crippen LogP contribution in [-0.2, 0) is 0 Å². The van der Waals surface area contributed by atoms with E-state index in [1.54, 1.807) is 19.2 Å². The van der Waals surface area contributed by atoms with Crippen molar-refractivity contribution in [3.63, 3.8) is 0 Å². The number of rotatable bonds is 6. The van der Waals surface area contributed by atoms with Crippen molar-refractivity contribution >= 4 is 5.69 Å². The Bertz CT molecular complexity index is 573. The van der Waals surface area contributed by atoms with Gasteiger partial charge in [0.1, 0.15) is 11.5 Å². The van der Waals surface area contributed by atoms with Crippen molar-refractivity contribution in [1.29, 1.82) is 0 Å². The second kappa shape index (κ2) is 6.92. The lowest BCUT2D eigenvalue weighted by molar-refractivity contribution is -0.0498.